The van der Waals surface area contributed by atoms with Crippen LogP contribution < -0.4 is 5.32 Å². The SMILES string of the molecule is O=C(O)C1CCCC(C(=O)NCCn2cccn2)C1. The van der Waals surface area contributed by atoms with E-state index < -0.39 is 5.97 Å². The van der Waals surface area contributed by atoms with Gasteiger partial charge in [-0.1, -0.05) is 6.42 Å². The predicted molar refractivity (Wildman–Crippen MR) is 68.3 cm³/mol. The van der Waals surface area contributed by atoms with Gasteiger partial charge in [-0.15, -0.1) is 0 Å². The molecule has 1 aliphatic carbocycles. The molecule has 6 nitrogen and oxygen atoms in total. The van der Waals surface area contributed by atoms with Gasteiger partial charge in [0.25, 0.3) is 0 Å². The summed E-state index contributed by atoms with van der Waals surface area (Å²) in [7, 11) is 0. The van der Waals surface area contributed by atoms with Crippen molar-refractivity contribution in [3.63, 3.8) is 0 Å². The van der Waals surface area contributed by atoms with E-state index in [0.717, 1.165) is 12.8 Å². The van der Waals surface area contributed by atoms with E-state index in [0.29, 0.717) is 25.9 Å². The van der Waals surface area contributed by atoms with Crippen molar-refractivity contribution in [3.05, 3.63) is 18.5 Å². The van der Waals surface area contributed by atoms with Crippen LogP contribution in [0.5, 0.6) is 0 Å². The first-order valence-electron chi connectivity index (χ1n) is 6.65. The molecule has 6 heteroatoms. The lowest BCUT2D eigenvalue weighted by molar-refractivity contribution is -0.144. The zero-order chi connectivity index (χ0) is 13.7. The van der Waals surface area contributed by atoms with Gasteiger partial charge in [-0.05, 0) is 25.3 Å². The third-order valence-electron chi connectivity index (χ3n) is 3.59. The Morgan fingerprint density at radius 3 is 2.84 bits per heavy atom. The maximum atomic E-state index is 12.0. The van der Waals surface area contributed by atoms with Crippen molar-refractivity contribution in [1.82, 2.24) is 15.1 Å². The van der Waals surface area contributed by atoms with Gasteiger partial charge in [0.1, 0.15) is 0 Å². The Balaban J connectivity index is 1.74. The lowest BCUT2D eigenvalue weighted by Crippen LogP contribution is -2.36. The van der Waals surface area contributed by atoms with Crippen LogP contribution in [-0.2, 0) is 16.1 Å². The number of aliphatic carboxylic acids is 1. The van der Waals surface area contributed by atoms with E-state index in [2.05, 4.69) is 10.4 Å². The standard InChI is InChI=1S/C13H19N3O3/c17-12(14-6-8-16-7-2-5-15-16)10-3-1-4-11(9-10)13(18)19/h2,5,7,10-11H,1,3-4,6,8-9H2,(H,14,17)(H,18,19). The van der Waals surface area contributed by atoms with Crippen molar-refractivity contribution in [3.8, 4) is 0 Å². The molecule has 1 aliphatic rings. The number of aromatic nitrogens is 2. The van der Waals surface area contributed by atoms with Crippen LogP contribution in [0.1, 0.15) is 25.7 Å². The normalized spacial score (nSPS) is 22.9. The summed E-state index contributed by atoms with van der Waals surface area (Å²) >= 11 is 0. The first-order valence-corrected chi connectivity index (χ1v) is 6.65. The van der Waals surface area contributed by atoms with E-state index in [1.54, 1.807) is 10.9 Å². The fourth-order valence-corrected chi connectivity index (χ4v) is 2.52. The highest BCUT2D eigenvalue weighted by Crippen LogP contribution is 2.29. The van der Waals surface area contributed by atoms with Crippen LogP contribution in [0.4, 0.5) is 0 Å². The van der Waals surface area contributed by atoms with Gasteiger partial charge in [-0.3, -0.25) is 14.3 Å². The third-order valence-corrected chi connectivity index (χ3v) is 3.59. The van der Waals surface area contributed by atoms with Crippen molar-refractivity contribution in [2.24, 2.45) is 11.8 Å². The van der Waals surface area contributed by atoms with Crippen LogP contribution in [0.3, 0.4) is 0 Å². The first kappa shape index (κ1) is 13.6. The fourth-order valence-electron chi connectivity index (χ4n) is 2.52. The van der Waals surface area contributed by atoms with Crippen LogP contribution in [0.2, 0.25) is 0 Å². The van der Waals surface area contributed by atoms with E-state index in [4.69, 9.17) is 5.11 Å². The van der Waals surface area contributed by atoms with Crippen LogP contribution in [0.15, 0.2) is 18.5 Å². The average molecular weight is 265 g/mol. The molecular formula is C13H19N3O3. The second-order valence-corrected chi connectivity index (χ2v) is 4.96. The summed E-state index contributed by atoms with van der Waals surface area (Å²) in [5.74, 6) is -1.34. The smallest absolute Gasteiger partial charge is 0.306 e. The minimum atomic E-state index is -0.783. The molecule has 1 fully saturated rings. The molecule has 19 heavy (non-hydrogen) atoms. The summed E-state index contributed by atoms with van der Waals surface area (Å²) in [5.41, 5.74) is 0. The molecule has 0 spiro atoms. The molecular weight excluding hydrogens is 246 g/mol. The van der Waals surface area contributed by atoms with Crippen molar-refractivity contribution < 1.29 is 14.7 Å². The summed E-state index contributed by atoms with van der Waals surface area (Å²) in [4.78, 5) is 22.9. The second kappa shape index (κ2) is 6.36. The van der Waals surface area contributed by atoms with E-state index in [1.165, 1.54) is 0 Å². The Morgan fingerprint density at radius 2 is 2.16 bits per heavy atom. The number of hydrogen-bond donors (Lipinski definition) is 2. The summed E-state index contributed by atoms with van der Waals surface area (Å²) in [5, 5.41) is 15.9. The zero-order valence-corrected chi connectivity index (χ0v) is 10.8. The summed E-state index contributed by atoms with van der Waals surface area (Å²) in [6.45, 7) is 1.16. The number of carbonyl (C=O) groups is 2. The molecule has 1 amide bonds. The maximum absolute atomic E-state index is 12.0. The summed E-state index contributed by atoms with van der Waals surface area (Å²) in [6, 6.07) is 1.83. The van der Waals surface area contributed by atoms with Crippen molar-refractivity contribution in [1.29, 1.82) is 0 Å². The molecule has 0 aromatic carbocycles. The van der Waals surface area contributed by atoms with E-state index in [9.17, 15) is 9.59 Å². The highest BCUT2D eigenvalue weighted by atomic mass is 16.4. The Morgan fingerprint density at radius 1 is 1.37 bits per heavy atom. The Bertz CT molecular complexity index is 430. The summed E-state index contributed by atoms with van der Waals surface area (Å²) in [6.07, 6.45) is 6.29. The Labute approximate surface area is 111 Å². The minimum Gasteiger partial charge on any atom is -0.481 e. The zero-order valence-electron chi connectivity index (χ0n) is 10.8. The van der Waals surface area contributed by atoms with E-state index in [1.807, 2.05) is 12.3 Å². The highest BCUT2D eigenvalue weighted by molar-refractivity contribution is 5.80. The number of carboxylic acids is 1. The van der Waals surface area contributed by atoms with Crippen LogP contribution in [-0.4, -0.2) is 33.3 Å². The predicted octanol–water partition coefficient (Wildman–Crippen LogP) is 0.890. The monoisotopic (exact) mass is 265 g/mol. The van der Waals surface area contributed by atoms with Crippen LogP contribution in [0.25, 0.3) is 0 Å². The molecule has 0 radical (unpaired) electrons. The van der Waals surface area contributed by atoms with Crippen LogP contribution in [0, 0.1) is 11.8 Å². The number of rotatable bonds is 5. The largest absolute Gasteiger partial charge is 0.481 e. The highest BCUT2D eigenvalue weighted by Gasteiger charge is 2.30. The molecule has 2 atom stereocenters. The van der Waals surface area contributed by atoms with Gasteiger partial charge in [0.2, 0.25) is 5.91 Å². The first-order chi connectivity index (χ1) is 9.16. The molecule has 1 saturated carbocycles. The van der Waals surface area contributed by atoms with Gasteiger partial charge in [0.15, 0.2) is 0 Å². The van der Waals surface area contributed by atoms with Gasteiger partial charge in [-0.25, -0.2) is 0 Å². The maximum Gasteiger partial charge on any atom is 0.306 e. The number of nitrogens with zero attached hydrogens (tertiary/aromatic N) is 2. The molecule has 104 valence electrons. The van der Waals surface area contributed by atoms with E-state index in [-0.39, 0.29) is 17.7 Å². The number of hydrogen-bond acceptors (Lipinski definition) is 3. The van der Waals surface area contributed by atoms with E-state index >= 15 is 0 Å². The number of carbonyl (C=O) groups excluding carboxylic acids is 1. The Kier molecular flexibility index (Phi) is 4.54. The quantitative estimate of drug-likeness (QED) is 0.828. The van der Waals surface area contributed by atoms with Crippen molar-refractivity contribution in [2.45, 2.75) is 32.2 Å². The van der Waals surface area contributed by atoms with Crippen LogP contribution >= 0.6 is 0 Å². The Hall–Kier alpha value is -1.85. The molecule has 0 saturated heterocycles. The summed E-state index contributed by atoms with van der Waals surface area (Å²) < 4.78 is 1.75. The number of nitrogens with one attached hydrogen (secondary N) is 1. The molecule has 0 bridgehead atoms. The number of amides is 1. The van der Waals surface area contributed by atoms with Gasteiger partial charge in [0, 0.05) is 24.9 Å². The van der Waals surface area contributed by atoms with Gasteiger partial charge in [0.05, 0.1) is 12.5 Å². The van der Waals surface area contributed by atoms with Gasteiger partial charge in [-0.2, -0.15) is 5.10 Å². The second-order valence-electron chi connectivity index (χ2n) is 4.96. The molecule has 1 aromatic heterocycles. The van der Waals surface area contributed by atoms with Crippen molar-refractivity contribution >= 4 is 11.9 Å². The molecule has 1 heterocycles. The molecule has 2 rings (SSSR count). The fraction of sp³-hybridized carbons (Fsp3) is 0.615. The minimum absolute atomic E-state index is 0.0295. The third kappa shape index (κ3) is 3.81. The lowest BCUT2D eigenvalue weighted by Gasteiger charge is -2.25. The molecule has 0 aliphatic heterocycles. The topological polar surface area (TPSA) is 84.2 Å². The number of carboxylic acid groups (broad SMARTS) is 1. The lowest BCUT2D eigenvalue weighted by atomic mass is 9.81. The average Bonchev–Trinajstić information content (AvgIpc) is 2.92. The molecule has 2 unspecified atom stereocenters. The van der Waals surface area contributed by atoms with Gasteiger partial charge >= 0.3 is 5.97 Å². The van der Waals surface area contributed by atoms with Gasteiger partial charge < -0.3 is 10.4 Å². The van der Waals surface area contributed by atoms with Crippen molar-refractivity contribution in [2.75, 3.05) is 6.54 Å². The molecule has 2 N–H and O–H groups in total. The molecule has 1 aromatic rings.